The van der Waals surface area contributed by atoms with E-state index in [9.17, 15) is 9.59 Å². The Labute approximate surface area is 226 Å². The molecule has 0 saturated carbocycles. The number of ether oxygens (including phenoxy) is 3. The highest BCUT2D eigenvalue weighted by molar-refractivity contribution is 5.86. The van der Waals surface area contributed by atoms with E-state index in [4.69, 9.17) is 14.2 Å². The summed E-state index contributed by atoms with van der Waals surface area (Å²) in [4.78, 5) is 26.2. The van der Waals surface area contributed by atoms with Gasteiger partial charge >= 0.3 is 6.09 Å². The average molecular weight is 521 g/mol. The van der Waals surface area contributed by atoms with Crippen LogP contribution in [-0.4, -0.2) is 31.4 Å². The van der Waals surface area contributed by atoms with Gasteiger partial charge in [-0.25, -0.2) is 4.79 Å². The van der Waals surface area contributed by atoms with Crippen molar-refractivity contribution in [2.24, 2.45) is 0 Å². The van der Waals surface area contributed by atoms with Crippen molar-refractivity contribution in [2.45, 2.75) is 24.9 Å². The van der Waals surface area contributed by atoms with Gasteiger partial charge in [-0.2, -0.15) is 0 Å². The third-order valence-corrected chi connectivity index (χ3v) is 7.14. The molecule has 39 heavy (non-hydrogen) atoms. The Kier molecular flexibility index (Phi) is 6.87. The summed E-state index contributed by atoms with van der Waals surface area (Å²) < 4.78 is 16.5. The van der Waals surface area contributed by atoms with Gasteiger partial charge in [0, 0.05) is 18.9 Å². The van der Waals surface area contributed by atoms with Crippen molar-refractivity contribution in [3.8, 4) is 22.6 Å². The van der Waals surface area contributed by atoms with E-state index in [1.165, 1.54) is 0 Å². The van der Waals surface area contributed by atoms with Crippen molar-refractivity contribution in [3.05, 3.63) is 119 Å². The summed E-state index contributed by atoms with van der Waals surface area (Å²) in [6.45, 7) is 0.651. The van der Waals surface area contributed by atoms with Crippen LogP contribution >= 0.6 is 0 Å². The lowest BCUT2D eigenvalue weighted by atomic mass is 9.98. The zero-order chi connectivity index (χ0) is 26.6. The Morgan fingerprint density at radius 2 is 1.46 bits per heavy atom. The Morgan fingerprint density at radius 3 is 2.21 bits per heavy atom. The second kappa shape index (κ2) is 10.9. The normalized spacial score (nSPS) is 13.7. The van der Waals surface area contributed by atoms with Crippen molar-refractivity contribution in [1.82, 2.24) is 10.6 Å². The van der Waals surface area contributed by atoms with Crippen LogP contribution in [0.3, 0.4) is 0 Å². The number of hydrogen-bond donors (Lipinski definition) is 2. The first-order valence-corrected chi connectivity index (χ1v) is 13.0. The van der Waals surface area contributed by atoms with E-state index in [0.717, 1.165) is 33.4 Å². The molecule has 0 unspecified atom stereocenters. The van der Waals surface area contributed by atoms with Gasteiger partial charge in [0.05, 0.1) is 0 Å². The van der Waals surface area contributed by atoms with Crippen LogP contribution < -0.4 is 20.1 Å². The van der Waals surface area contributed by atoms with Crippen LogP contribution in [0.25, 0.3) is 11.1 Å². The van der Waals surface area contributed by atoms with Gasteiger partial charge in [-0.3, -0.25) is 4.79 Å². The van der Waals surface area contributed by atoms with Gasteiger partial charge in [-0.15, -0.1) is 0 Å². The van der Waals surface area contributed by atoms with Crippen LogP contribution in [0.2, 0.25) is 0 Å². The van der Waals surface area contributed by atoms with Crippen LogP contribution in [0.5, 0.6) is 11.5 Å². The molecule has 0 saturated heterocycles. The average Bonchev–Trinajstić information content (AvgIpc) is 3.57. The molecule has 1 aliphatic carbocycles. The van der Waals surface area contributed by atoms with E-state index in [1.807, 2.05) is 72.8 Å². The first-order chi connectivity index (χ1) is 19.2. The summed E-state index contributed by atoms with van der Waals surface area (Å²) in [7, 11) is 0. The van der Waals surface area contributed by atoms with Crippen LogP contribution in [0, 0.1) is 0 Å². The number of amides is 2. The monoisotopic (exact) mass is 520 g/mol. The van der Waals surface area contributed by atoms with E-state index in [2.05, 4.69) is 34.9 Å². The number of fused-ring (bicyclic) bond motifs is 4. The van der Waals surface area contributed by atoms with Crippen molar-refractivity contribution in [1.29, 1.82) is 0 Å². The summed E-state index contributed by atoms with van der Waals surface area (Å²) in [5.41, 5.74) is 6.38. The highest BCUT2D eigenvalue weighted by Crippen LogP contribution is 2.44. The van der Waals surface area contributed by atoms with Crippen molar-refractivity contribution < 1.29 is 23.8 Å². The molecule has 196 valence electrons. The van der Waals surface area contributed by atoms with Crippen LogP contribution in [0.4, 0.5) is 4.79 Å². The van der Waals surface area contributed by atoms with Gasteiger partial charge in [0.1, 0.15) is 12.6 Å². The van der Waals surface area contributed by atoms with Crippen molar-refractivity contribution in [3.63, 3.8) is 0 Å². The summed E-state index contributed by atoms with van der Waals surface area (Å²) in [5, 5.41) is 5.73. The summed E-state index contributed by atoms with van der Waals surface area (Å²) in [5.74, 6) is 0.976. The van der Waals surface area contributed by atoms with E-state index < -0.39 is 12.1 Å². The molecule has 0 fully saturated rings. The molecule has 7 nitrogen and oxygen atoms in total. The van der Waals surface area contributed by atoms with Gasteiger partial charge < -0.3 is 24.8 Å². The molecule has 2 aliphatic rings. The second-order valence-corrected chi connectivity index (χ2v) is 9.62. The summed E-state index contributed by atoms with van der Waals surface area (Å²) in [6, 6.07) is 30.7. The molecule has 0 bridgehead atoms. The highest BCUT2D eigenvalue weighted by atomic mass is 16.7. The molecule has 4 aromatic rings. The molecule has 0 aromatic heterocycles. The van der Waals surface area contributed by atoms with Gasteiger partial charge in [0.15, 0.2) is 11.5 Å². The molecule has 7 heteroatoms. The highest BCUT2D eigenvalue weighted by Gasteiger charge is 2.30. The molecule has 1 atom stereocenters. The Bertz CT molecular complexity index is 1460. The van der Waals surface area contributed by atoms with E-state index >= 15 is 0 Å². The predicted molar refractivity (Wildman–Crippen MR) is 147 cm³/mol. The third kappa shape index (κ3) is 5.29. The molecule has 1 aliphatic heterocycles. The fraction of sp³-hybridized carbons (Fsp3) is 0.188. The van der Waals surface area contributed by atoms with Gasteiger partial charge in [-0.1, -0.05) is 84.9 Å². The number of carbonyl (C=O) groups is 2. The standard InChI is InChI=1S/C32H28N2O5/c35-31(33-18-22-14-15-29-30(17-22)39-20-38-29)28(16-21-8-2-1-3-9-21)34-32(36)37-19-27-25-12-6-4-10-23(25)24-11-5-7-13-26(24)27/h1-15,17,27-28H,16,18-20H2,(H,33,35)(H,34,36)/t28-/m1/s1. The topological polar surface area (TPSA) is 85.9 Å². The number of alkyl carbamates (subject to hydrolysis) is 1. The van der Waals surface area contributed by atoms with Gasteiger partial charge in [0.25, 0.3) is 0 Å². The van der Waals surface area contributed by atoms with Crippen LogP contribution in [0.1, 0.15) is 28.2 Å². The van der Waals surface area contributed by atoms with Crippen molar-refractivity contribution in [2.75, 3.05) is 13.4 Å². The smallest absolute Gasteiger partial charge is 0.407 e. The molecular formula is C32H28N2O5. The number of benzene rings is 4. The molecule has 6 rings (SSSR count). The Hall–Kier alpha value is -4.78. The molecule has 0 spiro atoms. The van der Waals surface area contributed by atoms with E-state index in [-0.39, 0.29) is 31.8 Å². The molecule has 0 radical (unpaired) electrons. The molecule has 2 amide bonds. The Morgan fingerprint density at radius 1 is 0.795 bits per heavy atom. The van der Waals surface area contributed by atoms with Gasteiger partial charge in [-0.05, 0) is 45.5 Å². The summed E-state index contributed by atoms with van der Waals surface area (Å²) in [6.07, 6.45) is -0.297. The maximum Gasteiger partial charge on any atom is 0.407 e. The minimum absolute atomic E-state index is 0.0597. The lowest BCUT2D eigenvalue weighted by molar-refractivity contribution is -0.123. The predicted octanol–water partition coefficient (Wildman–Crippen LogP) is 5.18. The zero-order valence-corrected chi connectivity index (χ0v) is 21.3. The first-order valence-electron chi connectivity index (χ1n) is 13.0. The van der Waals surface area contributed by atoms with Crippen molar-refractivity contribution >= 4 is 12.0 Å². The largest absolute Gasteiger partial charge is 0.454 e. The maximum atomic E-state index is 13.2. The first kappa shape index (κ1) is 24.6. The minimum Gasteiger partial charge on any atom is -0.454 e. The van der Waals surface area contributed by atoms with Crippen LogP contribution in [0.15, 0.2) is 97.1 Å². The van der Waals surface area contributed by atoms with Crippen LogP contribution in [-0.2, 0) is 22.5 Å². The van der Waals surface area contributed by atoms with E-state index in [0.29, 0.717) is 17.9 Å². The van der Waals surface area contributed by atoms with E-state index in [1.54, 1.807) is 0 Å². The van der Waals surface area contributed by atoms with Gasteiger partial charge in [0.2, 0.25) is 12.7 Å². The fourth-order valence-corrected chi connectivity index (χ4v) is 5.20. The SMILES string of the molecule is O=C(N[C@H](Cc1ccccc1)C(=O)NCc1ccc2c(c1)OCO2)OCC1c2ccccc2-c2ccccc21. The molecule has 4 aromatic carbocycles. The molecule has 1 heterocycles. The Balaban J connectivity index is 1.12. The number of nitrogens with one attached hydrogen (secondary N) is 2. The number of hydrogen-bond acceptors (Lipinski definition) is 5. The molecular weight excluding hydrogens is 492 g/mol. The number of rotatable bonds is 8. The maximum absolute atomic E-state index is 13.2. The lowest BCUT2D eigenvalue weighted by Gasteiger charge is -2.20. The minimum atomic E-state index is -0.808. The number of carbonyl (C=O) groups excluding carboxylic acids is 2. The fourth-order valence-electron chi connectivity index (χ4n) is 5.20. The zero-order valence-electron chi connectivity index (χ0n) is 21.3. The quantitative estimate of drug-likeness (QED) is 0.334. The molecule has 2 N–H and O–H groups in total. The third-order valence-electron chi connectivity index (χ3n) is 7.14. The second-order valence-electron chi connectivity index (χ2n) is 9.62. The summed E-state index contributed by atoms with van der Waals surface area (Å²) >= 11 is 0. The lowest BCUT2D eigenvalue weighted by Crippen LogP contribution is -2.48.